The van der Waals surface area contributed by atoms with E-state index < -0.39 is 0 Å². The number of nitrogens with one attached hydrogen (secondary N) is 1. The van der Waals surface area contributed by atoms with Gasteiger partial charge in [0.1, 0.15) is 17.4 Å². The first-order valence-corrected chi connectivity index (χ1v) is 9.50. The molecule has 0 saturated heterocycles. The fourth-order valence-corrected chi connectivity index (χ4v) is 3.55. The van der Waals surface area contributed by atoms with Gasteiger partial charge in [0.2, 0.25) is 5.91 Å². The van der Waals surface area contributed by atoms with Crippen molar-refractivity contribution >= 4 is 17.2 Å². The molecule has 3 N–H and O–H groups in total. The van der Waals surface area contributed by atoms with Crippen molar-refractivity contribution in [2.75, 3.05) is 6.54 Å². The zero-order valence-corrected chi connectivity index (χ0v) is 15.6. The number of benzene rings is 1. The quantitative estimate of drug-likeness (QED) is 0.760. The van der Waals surface area contributed by atoms with Crippen LogP contribution in [0.25, 0.3) is 0 Å². The summed E-state index contributed by atoms with van der Waals surface area (Å²) in [7, 11) is 0. The van der Waals surface area contributed by atoms with Gasteiger partial charge >= 0.3 is 0 Å². The molecule has 3 rings (SSSR count). The Morgan fingerprint density at radius 2 is 2.12 bits per heavy atom. The van der Waals surface area contributed by atoms with Gasteiger partial charge in [0.15, 0.2) is 0 Å². The van der Waals surface area contributed by atoms with Crippen molar-refractivity contribution in [3.63, 3.8) is 0 Å². The number of thiazole rings is 1. The van der Waals surface area contributed by atoms with E-state index in [9.17, 15) is 4.79 Å². The van der Waals surface area contributed by atoms with Crippen molar-refractivity contribution in [2.45, 2.75) is 45.3 Å². The Labute approximate surface area is 152 Å². The molecule has 1 aromatic carbocycles. The van der Waals surface area contributed by atoms with E-state index in [0.717, 1.165) is 29.3 Å². The Kier molecular flexibility index (Phi) is 5.39. The summed E-state index contributed by atoms with van der Waals surface area (Å²) in [6, 6.07) is 7.92. The summed E-state index contributed by atoms with van der Waals surface area (Å²) in [6.45, 7) is 4.96. The number of rotatable bonds is 8. The first kappa shape index (κ1) is 17.9. The predicted octanol–water partition coefficient (Wildman–Crippen LogP) is 2.82. The molecule has 1 fully saturated rings. The molecule has 1 heterocycles. The third-order valence-corrected chi connectivity index (χ3v) is 5.52. The second kappa shape index (κ2) is 7.54. The highest BCUT2D eigenvalue weighted by Gasteiger charge is 2.41. The molecule has 1 aliphatic rings. The van der Waals surface area contributed by atoms with Gasteiger partial charge in [-0.05, 0) is 44.7 Å². The fraction of sp³-hybridized carbons (Fsp3) is 0.474. The molecule has 0 aliphatic heterocycles. The van der Waals surface area contributed by atoms with Crippen molar-refractivity contribution in [1.82, 2.24) is 10.3 Å². The predicted molar refractivity (Wildman–Crippen MR) is 99.7 cm³/mol. The molecule has 1 aromatic heterocycles. The zero-order chi connectivity index (χ0) is 17.9. The van der Waals surface area contributed by atoms with Gasteiger partial charge in [-0.15, -0.1) is 11.3 Å². The number of ether oxygens (including phenoxy) is 1. The monoisotopic (exact) mass is 359 g/mol. The summed E-state index contributed by atoms with van der Waals surface area (Å²) in [6.07, 6.45) is 2.57. The standard InChI is InChI=1S/C19H25N3O2S/c1-13-3-7-16(8-4-13)24-10-18-21-15(11-25-18)9-17(23)22-19(2,12-20)14-5-6-14/h3-4,7-8,11,14H,5-6,9-10,12,20H2,1-2H3,(H,22,23). The number of nitrogens with two attached hydrogens (primary N) is 1. The van der Waals surface area contributed by atoms with Crippen molar-refractivity contribution in [1.29, 1.82) is 0 Å². The second-order valence-corrected chi connectivity index (χ2v) is 7.90. The van der Waals surface area contributed by atoms with Gasteiger partial charge in [0.25, 0.3) is 0 Å². The molecule has 134 valence electrons. The normalized spacial score (nSPS) is 16.3. The highest BCUT2D eigenvalue weighted by molar-refractivity contribution is 7.09. The molecule has 25 heavy (non-hydrogen) atoms. The molecule has 5 nitrogen and oxygen atoms in total. The van der Waals surface area contributed by atoms with E-state index in [1.165, 1.54) is 16.9 Å². The molecule has 0 spiro atoms. The van der Waals surface area contributed by atoms with Gasteiger partial charge in [0, 0.05) is 11.9 Å². The van der Waals surface area contributed by atoms with Crippen LogP contribution < -0.4 is 15.8 Å². The van der Waals surface area contributed by atoms with Crippen molar-refractivity contribution in [2.24, 2.45) is 11.7 Å². The lowest BCUT2D eigenvalue weighted by Crippen LogP contribution is -2.53. The molecule has 6 heteroatoms. The van der Waals surface area contributed by atoms with E-state index in [2.05, 4.69) is 10.3 Å². The molecule has 2 aromatic rings. The Bertz CT molecular complexity index is 725. The maximum absolute atomic E-state index is 12.3. The van der Waals surface area contributed by atoms with Crippen molar-refractivity contribution in [3.8, 4) is 5.75 Å². The highest BCUT2D eigenvalue weighted by atomic mass is 32.1. The summed E-state index contributed by atoms with van der Waals surface area (Å²) in [5.74, 6) is 1.31. The van der Waals surface area contributed by atoms with Crippen LogP contribution in [0.15, 0.2) is 29.6 Å². The van der Waals surface area contributed by atoms with Crippen LogP contribution in [0.4, 0.5) is 0 Å². The average molecular weight is 359 g/mol. The minimum atomic E-state index is -0.287. The Balaban J connectivity index is 1.51. The third kappa shape index (κ3) is 4.80. The number of carbonyl (C=O) groups excluding carboxylic acids is 1. The number of amides is 1. The molecular formula is C19H25N3O2S. The van der Waals surface area contributed by atoms with E-state index >= 15 is 0 Å². The van der Waals surface area contributed by atoms with Crippen LogP contribution in [-0.2, 0) is 17.8 Å². The number of aryl methyl sites for hydroxylation is 1. The third-order valence-electron chi connectivity index (χ3n) is 4.65. The van der Waals surface area contributed by atoms with Crippen LogP contribution in [0, 0.1) is 12.8 Å². The van der Waals surface area contributed by atoms with Gasteiger partial charge in [-0.1, -0.05) is 17.7 Å². The summed E-state index contributed by atoms with van der Waals surface area (Å²) >= 11 is 1.52. The van der Waals surface area contributed by atoms with Crippen molar-refractivity contribution in [3.05, 3.63) is 45.9 Å². The Hall–Kier alpha value is -1.92. The number of aromatic nitrogens is 1. The Morgan fingerprint density at radius 1 is 1.40 bits per heavy atom. The minimum Gasteiger partial charge on any atom is -0.486 e. The molecule has 1 amide bonds. The topological polar surface area (TPSA) is 77.2 Å². The van der Waals surface area contributed by atoms with E-state index in [4.69, 9.17) is 10.5 Å². The van der Waals surface area contributed by atoms with E-state index in [1.807, 2.05) is 43.5 Å². The number of hydrogen-bond acceptors (Lipinski definition) is 5. The summed E-state index contributed by atoms with van der Waals surface area (Å²) in [5.41, 5.74) is 7.54. The SMILES string of the molecule is Cc1ccc(OCc2nc(CC(=O)NC(C)(CN)C3CC3)cs2)cc1. The number of carbonyl (C=O) groups is 1. The van der Waals surface area contributed by atoms with Gasteiger partial charge in [-0.2, -0.15) is 0 Å². The zero-order valence-electron chi connectivity index (χ0n) is 14.7. The highest BCUT2D eigenvalue weighted by Crippen LogP contribution is 2.39. The number of hydrogen-bond donors (Lipinski definition) is 2. The second-order valence-electron chi connectivity index (χ2n) is 6.96. The molecule has 0 bridgehead atoms. The summed E-state index contributed by atoms with van der Waals surface area (Å²) in [5, 5.41) is 5.88. The van der Waals surface area contributed by atoms with Gasteiger partial charge in [-0.3, -0.25) is 4.79 Å². The van der Waals surface area contributed by atoms with E-state index in [1.54, 1.807) is 0 Å². The van der Waals surface area contributed by atoms with E-state index in [-0.39, 0.29) is 17.9 Å². The lowest BCUT2D eigenvalue weighted by molar-refractivity contribution is -0.122. The van der Waals surface area contributed by atoms with Gasteiger partial charge in [0.05, 0.1) is 17.7 Å². The van der Waals surface area contributed by atoms with Crippen LogP contribution >= 0.6 is 11.3 Å². The van der Waals surface area contributed by atoms with Crippen LogP contribution in [0.1, 0.15) is 36.0 Å². The fourth-order valence-electron chi connectivity index (χ4n) is 2.84. The van der Waals surface area contributed by atoms with Gasteiger partial charge < -0.3 is 15.8 Å². The maximum atomic E-state index is 12.3. The largest absolute Gasteiger partial charge is 0.486 e. The Morgan fingerprint density at radius 3 is 2.76 bits per heavy atom. The minimum absolute atomic E-state index is 0.0175. The average Bonchev–Trinajstić information content (AvgIpc) is 3.36. The van der Waals surface area contributed by atoms with Crippen LogP contribution in [0.2, 0.25) is 0 Å². The lowest BCUT2D eigenvalue weighted by atomic mass is 9.95. The molecular weight excluding hydrogens is 334 g/mol. The van der Waals surface area contributed by atoms with Gasteiger partial charge in [-0.25, -0.2) is 4.98 Å². The van der Waals surface area contributed by atoms with Crippen LogP contribution in [-0.4, -0.2) is 23.0 Å². The summed E-state index contributed by atoms with van der Waals surface area (Å²) in [4.78, 5) is 16.8. The summed E-state index contributed by atoms with van der Waals surface area (Å²) < 4.78 is 5.73. The molecule has 1 aliphatic carbocycles. The molecule has 1 atom stereocenters. The van der Waals surface area contributed by atoms with E-state index in [0.29, 0.717) is 19.1 Å². The molecule has 0 radical (unpaired) electrons. The first-order chi connectivity index (χ1) is 12.0. The van der Waals surface area contributed by atoms with Crippen molar-refractivity contribution < 1.29 is 9.53 Å². The first-order valence-electron chi connectivity index (χ1n) is 8.62. The molecule has 1 saturated carbocycles. The number of nitrogens with zero attached hydrogens (tertiary/aromatic N) is 1. The maximum Gasteiger partial charge on any atom is 0.226 e. The lowest BCUT2D eigenvalue weighted by Gasteiger charge is -2.29. The van der Waals surface area contributed by atoms with Crippen LogP contribution in [0.5, 0.6) is 5.75 Å². The smallest absolute Gasteiger partial charge is 0.226 e. The molecule has 1 unspecified atom stereocenters. The van der Waals surface area contributed by atoms with Crippen LogP contribution in [0.3, 0.4) is 0 Å².